The standard InChI is InChI=1S/C10H23NO2S/c1-4-6-10(9-11-2)7-5-8-14(3,12)13/h10-11H,4-9H2,1-3H3. The number of sulfone groups is 1. The Morgan fingerprint density at radius 3 is 2.36 bits per heavy atom. The second kappa shape index (κ2) is 7.23. The molecule has 86 valence electrons. The zero-order chi connectivity index (χ0) is 11.0. The van der Waals surface area contributed by atoms with Crippen molar-refractivity contribution in [3.63, 3.8) is 0 Å². The van der Waals surface area contributed by atoms with Crippen LogP contribution in [-0.4, -0.2) is 34.0 Å². The number of rotatable bonds is 8. The van der Waals surface area contributed by atoms with Crippen molar-refractivity contribution in [3.8, 4) is 0 Å². The van der Waals surface area contributed by atoms with Crippen LogP contribution < -0.4 is 5.32 Å². The van der Waals surface area contributed by atoms with Gasteiger partial charge in [-0.25, -0.2) is 8.42 Å². The van der Waals surface area contributed by atoms with E-state index in [0.29, 0.717) is 11.7 Å². The molecule has 14 heavy (non-hydrogen) atoms. The van der Waals surface area contributed by atoms with Crippen molar-refractivity contribution >= 4 is 9.84 Å². The molecule has 0 rings (SSSR count). The summed E-state index contributed by atoms with van der Waals surface area (Å²) in [5.41, 5.74) is 0. The fourth-order valence-electron chi connectivity index (χ4n) is 1.68. The molecule has 0 fully saturated rings. The summed E-state index contributed by atoms with van der Waals surface area (Å²) in [7, 11) is -0.826. The van der Waals surface area contributed by atoms with Crippen LogP contribution in [0.25, 0.3) is 0 Å². The van der Waals surface area contributed by atoms with E-state index in [4.69, 9.17) is 0 Å². The Bertz CT molecular complexity index is 218. The van der Waals surface area contributed by atoms with Crippen molar-refractivity contribution < 1.29 is 8.42 Å². The zero-order valence-corrected chi connectivity index (χ0v) is 10.4. The first-order valence-corrected chi connectivity index (χ1v) is 7.38. The summed E-state index contributed by atoms with van der Waals surface area (Å²) in [6.07, 6.45) is 5.47. The molecule has 0 heterocycles. The van der Waals surface area contributed by atoms with Crippen LogP contribution in [0.3, 0.4) is 0 Å². The molecular formula is C10H23NO2S. The first kappa shape index (κ1) is 13.9. The van der Waals surface area contributed by atoms with E-state index in [-0.39, 0.29) is 0 Å². The number of hydrogen-bond donors (Lipinski definition) is 1. The topological polar surface area (TPSA) is 46.2 Å². The SMILES string of the molecule is CCCC(CCCS(C)(=O)=O)CNC. The Hall–Kier alpha value is -0.0900. The molecule has 0 aliphatic heterocycles. The van der Waals surface area contributed by atoms with E-state index in [1.54, 1.807) is 0 Å². The molecule has 3 nitrogen and oxygen atoms in total. The number of hydrogen-bond acceptors (Lipinski definition) is 3. The highest BCUT2D eigenvalue weighted by atomic mass is 32.2. The van der Waals surface area contributed by atoms with Gasteiger partial charge in [0.2, 0.25) is 0 Å². The molecule has 0 spiro atoms. The highest BCUT2D eigenvalue weighted by molar-refractivity contribution is 7.90. The molecular weight excluding hydrogens is 198 g/mol. The zero-order valence-electron chi connectivity index (χ0n) is 9.54. The molecule has 0 saturated carbocycles. The second-order valence-electron chi connectivity index (χ2n) is 3.98. The van der Waals surface area contributed by atoms with Crippen LogP contribution in [0.1, 0.15) is 32.6 Å². The summed E-state index contributed by atoms with van der Waals surface area (Å²) in [5, 5.41) is 3.15. The highest BCUT2D eigenvalue weighted by Gasteiger charge is 2.08. The van der Waals surface area contributed by atoms with Gasteiger partial charge in [-0.05, 0) is 38.8 Å². The summed E-state index contributed by atoms with van der Waals surface area (Å²) in [5.74, 6) is 0.962. The normalized spacial score (nSPS) is 14.2. The lowest BCUT2D eigenvalue weighted by atomic mass is 9.98. The van der Waals surface area contributed by atoms with Gasteiger partial charge in [0.15, 0.2) is 0 Å². The van der Waals surface area contributed by atoms with E-state index < -0.39 is 9.84 Å². The van der Waals surface area contributed by atoms with Crippen molar-refractivity contribution in [2.24, 2.45) is 5.92 Å². The maximum Gasteiger partial charge on any atom is 0.147 e. The minimum atomic E-state index is -2.77. The molecule has 1 N–H and O–H groups in total. The molecule has 0 aliphatic rings. The lowest BCUT2D eigenvalue weighted by molar-refractivity contribution is 0.424. The molecule has 0 saturated heterocycles. The van der Waals surface area contributed by atoms with Crippen LogP contribution in [0.2, 0.25) is 0 Å². The average molecular weight is 221 g/mol. The summed E-state index contributed by atoms with van der Waals surface area (Å²) >= 11 is 0. The second-order valence-corrected chi connectivity index (χ2v) is 6.24. The minimum Gasteiger partial charge on any atom is -0.319 e. The summed E-state index contributed by atoms with van der Waals surface area (Å²) < 4.78 is 21.8. The largest absolute Gasteiger partial charge is 0.319 e. The van der Waals surface area contributed by atoms with Crippen LogP contribution in [0.4, 0.5) is 0 Å². The lowest BCUT2D eigenvalue weighted by Crippen LogP contribution is -2.19. The summed E-state index contributed by atoms with van der Waals surface area (Å²) in [4.78, 5) is 0. The van der Waals surface area contributed by atoms with E-state index in [1.165, 1.54) is 19.1 Å². The average Bonchev–Trinajstić information content (AvgIpc) is 2.02. The van der Waals surface area contributed by atoms with E-state index >= 15 is 0 Å². The molecule has 0 bridgehead atoms. The molecule has 1 unspecified atom stereocenters. The lowest BCUT2D eigenvalue weighted by Gasteiger charge is -2.14. The smallest absolute Gasteiger partial charge is 0.147 e. The third kappa shape index (κ3) is 8.51. The maximum absolute atomic E-state index is 10.9. The summed E-state index contributed by atoms with van der Waals surface area (Å²) in [6.45, 7) is 3.16. The Kier molecular flexibility index (Phi) is 7.19. The van der Waals surface area contributed by atoms with Gasteiger partial charge in [-0.1, -0.05) is 13.3 Å². The fraction of sp³-hybridized carbons (Fsp3) is 1.00. The minimum absolute atomic E-state index is 0.330. The van der Waals surface area contributed by atoms with Crippen molar-refractivity contribution in [2.45, 2.75) is 32.6 Å². The predicted octanol–water partition coefficient (Wildman–Crippen LogP) is 1.45. The predicted molar refractivity (Wildman–Crippen MR) is 61.3 cm³/mol. The van der Waals surface area contributed by atoms with Gasteiger partial charge >= 0.3 is 0 Å². The van der Waals surface area contributed by atoms with Crippen LogP contribution in [0.5, 0.6) is 0 Å². The van der Waals surface area contributed by atoms with Crippen molar-refractivity contribution in [1.29, 1.82) is 0 Å². The Morgan fingerprint density at radius 2 is 1.93 bits per heavy atom. The molecule has 1 atom stereocenters. The van der Waals surface area contributed by atoms with Crippen LogP contribution in [0.15, 0.2) is 0 Å². The third-order valence-corrected chi connectivity index (χ3v) is 3.35. The molecule has 0 aliphatic carbocycles. The van der Waals surface area contributed by atoms with E-state index in [0.717, 1.165) is 19.4 Å². The molecule has 4 heteroatoms. The van der Waals surface area contributed by atoms with Crippen molar-refractivity contribution in [3.05, 3.63) is 0 Å². The van der Waals surface area contributed by atoms with Gasteiger partial charge in [0.25, 0.3) is 0 Å². The third-order valence-electron chi connectivity index (χ3n) is 2.32. The van der Waals surface area contributed by atoms with Crippen molar-refractivity contribution in [2.75, 3.05) is 25.6 Å². The van der Waals surface area contributed by atoms with Gasteiger partial charge in [0, 0.05) is 12.0 Å². The Labute approximate surface area is 88.2 Å². The van der Waals surface area contributed by atoms with Crippen LogP contribution in [0, 0.1) is 5.92 Å². The quantitative estimate of drug-likeness (QED) is 0.675. The van der Waals surface area contributed by atoms with Crippen LogP contribution in [-0.2, 0) is 9.84 Å². The van der Waals surface area contributed by atoms with Gasteiger partial charge in [-0.2, -0.15) is 0 Å². The van der Waals surface area contributed by atoms with E-state index in [2.05, 4.69) is 12.2 Å². The van der Waals surface area contributed by atoms with E-state index in [1.807, 2.05) is 7.05 Å². The Morgan fingerprint density at radius 1 is 1.29 bits per heavy atom. The van der Waals surface area contributed by atoms with Gasteiger partial charge < -0.3 is 5.32 Å². The first-order chi connectivity index (χ1) is 6.49. The molecule has 0 aromatic rings. The van der Waals surface area contributed by atoms with Crippen molar-refractivity contribution in [1.82, 2.24) is 5.32 Å². The highest BCUT2D eigenvalue weighted by Crippen LogP contribution is 2.12. The fourth-order valence-corrected chi connectivity index (χ4v) is 2.37. The molecule has 0 aromatic heterocycles. The summed E-state index contributed by atoms with van der Waals surface area (Å²) in [6, 6.07) is 0. The molecule has 0 amide bonds. The van der Waals surface area contributed by atoms with Gasteiger partial charge in [0.05, 0.1) is 0 Å². The number of nitrogens with one attached hydrogen (secondary N) is 1. The van der Waals surface area contributed by atoms with Gasteiger partial charge in [-0.15, -0.1) is 0 Å². The maximum atomic E-state index is 10.9. The monoisotopic (exact) mass is 221 g/mol. The van der Waals surface area contributed by atoms with Gasteiger partial charge in [0.1, 0.15) is 9.84 Å². The van der Waals surface area contributed by atoms with Gasteiger partial charge in [-0.3, -0.25) is 0 Å². The molecule has 0 aromatic carbocycles. The van der Waals surface area contributed by atoms with E-state index in [9.17, 15) is 8.42 Å². The van der Waals surface area contributed by atoms with Crippen LogP contribution >= 0.6 is 0 Å². The molecule has 0 radical (unpaired) electrons. The Balaban J connectivity index is 3.70. The first-order valence-electron chi connectivity index (χ1n) is 5.32.